The Morgan fingerprint density at radius 3 is 2.43 bits per heavy atom. The molecule has 0 unspecified atom stereocenters. The maximum Gasteiger partial charge on any atom is 0.192 e. The van der Waals surface area contributed by atoms with Crippen molar-refractivity contribution >= 4 is 14.1 Å². The normalized spacial score (nSPS) is 12.4. The van der Waals surface area contributed by atoms with Crippen LogP contribution in [0.2, 0.25) is 18.1 Å². The summed E-state index contributed by atoms with van der Waals surface area (Å²) in [5, 5.41) is 7.08. The maximum atomic E-state index is 6.27. The molecule has 5 nitrogen and oxygen atoms in total. The van der Waals surface area contributed by atoms with Crippen LogP contribution in [0, 0.1) is 0 Å². The van der Waals surface area contributed by atoms with Crippen molar-refractivity contribution < 1.29 is 9.16 Å². The largest absolute Gasteiger partial charge is 0.496 e. The Balaban J connectivity index is 2.20. The van der Waals surface area contributed by atoms with Gasteiger partial charge in [0.2, 0.25) is 0 Å². The summed E-state index contributed by atoms with van der Waals surface area (Å²) < 4.78 is 11.8. The number of ether oxygens (including phenoxy) is 1. The van der Waals surface area contributed by atoms with Gasteiger partial charge in [-0.25, -0.2) is 0 Å². The van der Waals surface area contributed by atoms with E-state index in [0.717, 1.165) is 22.6 Å². The molecule has 2 aromatic rings. The van der Waals surface area contributed by atoms with Crippen LogP contribution >= 0.6 is 0 Å². The minimum atomic E-state index is -1.76. The van der Waals surface area contributed by atoms with Gasteiger partial charge in [0.1, 0.15) is 11.6 Å². The summed E-state index contributed by atoms with van der Waals surface area (Å²) in [4.78, 5) is 0. The van der Waals surface area contributed by atoms with Crippen LogP contribution < -0.4 is 10.5 Å². The first kappa shape index (κ1) is 17.6. The third-order valence-corrected chi connectivity index (χ3v) is 9.04. The van der Waals surface area contributed by atoms with Gasteiger partial charge in [0.15, 0.2) is 8.32 Å². The molecule has 0 radical (unpaired) electrons. The van der Waals surface area contributed by atoms with Crippen LogP contribution in [0.4, 0.5) is 5.82 Å². The molecule has 0 saturated heterocycles. The summed E-state index contributed by atoms with van der Waals surface area (Å²) in [5.74, 6) is 1.25. The van der Waals surface area contributed by atoms with Crippen LogP contribution in [-0.4, -0.2) is 25.6 Å². The predicted molar refractivity (Wildman–Crippen MR) is 97.0 cm³/mol. The van der Waals surface area contributed by atoms with Crippen molar-refractivity contribution in [3.05, 3.63) is 29.8 Å². The number of H-pyrrole nitrogens is 1. The fourth-order valence-corrected chi connectivity index (χ4v) is 2.96. The van der Waals surface area contributed by atoms with Crippen LogP contribution in [0.25, 0.3) is 11.3 Å². The Hall–Kier alpha value is -1.79. The zero-order valence-electron chi connectivity index (χ0n) is 14.9. The van der Waals surface area contributed by atoms with Gasteiger partial charge in [-0.3, -0.25) is 5.10 Å². The van der Waals surface area contributed by atoms with E-state index in [9.17, 15) is 0 Å². The lowest BCUT2D eigenvalue weighted by molar-refractivity contribution is 0.275. The van der Waals surface area contributed by atoms with E-state index < -0.39 is 8.32 Å². The molecule has 3 N–H and O–H groups in total. The number of anilines is 1. The molecule has 0 saturated carbocycles. The van der Waals surface area contributed by atoms with E-state index in [1.807, 2.05) is 12.1 Å². The minimum Gasteiger partial charge on any atom is -0.496 e. The summed E-state index contributed by atoms with van der Waals surface area (Å²) >= 11 is 0. The number of methoxy groups -OCH3 is 1. The van der Waals surface area contributed by atoms with Crippen LogP contribution in [-0.2, 0) is 11.0 Å². The minimum absolute atomic E-state index is 0.199. The average molecular weight is 334 g/mol. The van der Waals surface area contributed by atoms with Crippen LogP contribution in [0.5, 0.6) is 5.75 Å². The first-order chi connectivity index (χ1) is 10.6. The first-order valence-electron chi connectivity index (χ1n) is 7.76. The summed E-state index contributed by atoms with van der Waals surface area (Å²) in [6, 6.07) is 7.88. The smallest absolute Gasteiger partial charge is 0.192 e. The van der Waals surface area contributed by atoms with Crippen LogP contribution in [0.1, 0.15) is 26.3 Å². The molecule has 0 aliphatic carbocycles. The van der Waals surface area contributed by atoms with Gasteiger partial charge in [-0.1, -0.05) is 26.8 Å². The van der Waals surface area contributed by atoms with E-state index in [1.165, 1.54) is 0 Å². The molecule has 0 atom stereocenters. The number of benzene rings is 1. The molecule has 23 heavy (non-hydrogen) atoms. The first-order valence-corrected chi connectivity index (χ1v) is 10.7. The van der Waals surface area contributed by atoms with Crippen molar-refractivity contribution in [3.63, 3.8) is 0 Å². The van der Waals surface area contributed by atoms with Gasteiger partial charge in [-0.15, -0.1) is 0 Å². The molecule has 0 amide bonds. The molecule has 1 aromatic carbocycles. The fraction of sp³-hybridized carbons (Fsp3) is 0.471. The topological polar surface area (TPSA) is 73.2 Å². The van der Waals surface area contributed by atoms with Gasteiger partial charge in [-0.2, -0.15) is 5.10 Å². The highest BCUT2D eigenvalue weighted by Crippen LogP contribution is 2.37. The Kier molecular flexibility index (Phi) is 4.86. The molecule has 126 valence electrons. The molecule has 0 fully saturated rings. The number of aromatic amines is 1. The molecule has 0 spiro atoms. The number of nitrogen functional groups attached to an aromatic ring is 1. The average Bonchev–Trinajstić information content (AvgIpc) is 2.90. The van der Waals surface area contributed by atoms with Crippen LogP contribution in [0.3, 0.4) is 0 Å². The summed E-state index contributed by atoms with van der Waals surface area (Å²) in [5.41, 5.74) is 8.56. The van der Waals surface area contributed by atoms with Crippen LogP contribution in [0.15, 0.2) is 24.3 Å². The van der Waals surface area contributed by atoms with Gasteiger partial charge in [0.05, 0.1) is 19.4 Å². The van der Waals surface area contributed by atoms with Gasteiger partial charge in [0, 0.05) is 11.6 Å². The third kappa shape index (κ3) is 3.94. The zero-order chi connectivity index (χ0) is 17.3. The lowest BCUT2D eigenvalue weighted by Gasteiger charge is -2.36. The molecular formula is C17H27N3O2Si. The van der Waals surface area contributed by atoms with E-state index in [-0.39, 0.29) is 5.04 Å². The Morgan fingerprint density at radius 2 is 1.91 bits per heavy atom. The van der Waals surface area contributed by atoms with Crippen molar-refractivity contribution in [3.8, 4) is 17.0 Å². The number of hydrogen-bond donors (Lipinski definition) is 2. The molecule has 0 aliphatic heterocycles. The second-order valence-corrected chi connectivity index (χ2v) is 12.1. The van der Waals surface area contributed by atoms with Gasteiger partial charge >= 0.3 is 0 Å². The summed E-state index contributed by atoms with van der Waals surface area (Å²) in [7, 11) is -0.0992. The van der Waals surface area contributed by atoms with Crippen molar-refractivity contribution in [1.82, 2.24) is 10.2 Å². The number of hydrogen-bond acceptors (Lipinski definition) is 4. The predicted octanol–water partition coefficient (Wildman–Crippen LogP) is 4.19. The second-order valence-electron chi connectivity index (χ2n) is 7.29. The lowest BCUT2D eigenvalue weighted by atomic mass is 10.1. The lowest BCUT2D eigenvalue weighted by Crippen LogP contribution is -2.40. The van der Waals surface area contributed by atoms with E-state index in [0.29, 0.717) is 12.4 Å². The fourth-order valence-electron chi connectivity index (χ4n) is 2.00. The molecule has 1 heterocycles. The quantitative estimate of drug-likeness (QED) is 0.805. The highest BCUT2D eigenvalue weighted by atomic mass is 28.4. The van der Waals surface area contributed by atoms with Gasteiger partial charge in [-0.05, 0) is 35.8 Å². The number of aromatic nitrogens is 2. The van der Waals surface area contributed by atoms with Gasteiger partial charge < -0.3 is 14.9 Å². The van der Waals surface area contributed by atoms with Crippen molar-refractivity contribution in [2.75, 3.05) is 12.8 Å². The molecule has 2 rings (SSSR count). The highest BCUT2D eigenvalue weighted by Gasteiger charge is 2.37. The van der Waals surface area contributed by atoms with E-state index in [4.69, 9.17) is 14.9 Å². The third-order valence-electron chi connectivity index (χ3n) is 4.56. The number of nitrogens with zero attached hydrogens (tertiary/aromatic N) is 1. The Labute approximate surface area is 139 Å². The van der Waals surface area contributed by atoms with Gasteiger partial charge in [0.25, 0.3) is 0 Å². The van der Waals surface area contributed by atoms with Crippen molar-refractivity contribution in [2.45, 2.75) is 45.5 Å². The van der Waals surface area contributed by atoms with E-state index in [2.05, 4.69) is 50.1 Å². The summed E-state index contributed by atoms with van der Waals surface area (Å²) in [6.07, 6.45) is 0. The second kappa shape index (κ2) is 6.37. The summed E-state index contributed by atoms with van der Waals surface area (Å²) in [6.45, 7) is 11.8. The zero-order valence-corrected chi connectivity index (χ0v) is 15.9. The molecular weight excluding hydrogens is 306 g/mol. The number of nitrogens with one attached hydrogen (secondary N) is 1. The standard InChI is InChI=1S/C17H27N3O2Si/c1-17(2,3)23(5,6)22-11-12-7-8-13(15(9-12)21-4)14-10-16(18)20-19-14/h7-10H,11H2,1-6H3,(H3,18,19,20). The molecule has 0 bridgehead atoms. The Morgan fingerprint density at radius 1 is 1.22 bits per heavy atom. The maximum absolute atomic E-state index is 6.27. The highest BCUT2D eigenvalue weighted by molar-refractivity contribution is 6.74. The molecule has 6 heteroatoms. The Bertz CT molecular complexity index is 675. The monoisotopic (exact) mass is 333 g/mol. The molecule has 0 aliphatic rings. The van der Waals surface area contributed by atoms with E-state index in [1.54, 1.807) is 13.2 Å². The molecule has 1 aromatic heterocycles. The van der Waals surface area contributed by atoms with E-state index >= 15 is 0 Å². The SMILES string of the molecule is COc1cc(CO[Si](C)(C)C(C)(C)C)ccc1-c1cc(N)n[nH]1. The van der Waals surface area contributed by atoms with Crippen molar-refractivity contribution in [2.24, 2.45) is 0 Å². The van der Waals surface area contributed by atoms with Crippen molar-refractivity contribution in [1.29, 1.82) is 0 Å². The number of nitrogens with two attached hydrogens (primary N) is 1. The number of rotatable bonds is 5.